The minimum Gasteiger partial charge on any atom is -0.453 e. The molecule has 1 amide bonds. The monoisotopic (exact) mass is 421 g/mol. The molecule has 0 aromatic heterocycles. The summed E-state index contributed by atoms with van der Waals surface area (Å²) in [6.07, 6.45) is 3.37. The summed E-state index contributed by atoms with van der Waals surface area (Å²) in [6, 6.07) is 6.91. The Morgan fingerprint density at radius 2 is 1.96 bits per heavy atom. The van der Waals surface area contributed by atoms with Crippen molar-refractivity contribution in [2.24, 2.45) is 5.92 Å². The molecule has 6 heteroatoms. The molecule has 0 unspecified atom stereocenters. The predicted octanol–water partition coefficient (Wildman–Crippen LogP) is 5.60. The lowest BCUT2D eigenvalue weighted by Gasteiger charge is -2.36. The standard InChI is InChI=1S/C20H18BrF2NO2/c1-11-2-6-14-17(24(11)20(25)12-3-4-12)9-7-15(21)19(14)26-18-10-13(22)5-8-16(18)23/h5,7-12H,2-4,6H2,1H3/t11-/m0/s1. The second-order valence-electron chi connectivity index (χ2n) is 6.92. The van der Waals surface area contributed by atoms with Gasteiger partial charge in [0.2, 0.25) is 5.91 Å². The Morgan fingerprint density at radius 1 is 1.19 bits per heavy atom. The van der Waals surface area contributed by atoms with Crippen LogP contribution in [-0.4, -0.2) is 11.9 Å². The first-order valence-corrected chi connectivity index (χ1v) is 9.52. The summed E-state index contributed by atoms with van der Waals surface area (Å²) in [5, 5.41) is 0. The molecule has 26 heavy (non-hydrogen) atoms. The molecule has 1 saturated carbocycles. The molecule has 2 aromatic carbocycles. The molecule has 1 atom stereocenters. The van der Waals surface area contributed by atoms with Gasteiger partial charge < -0.3 is 9.64 Å². The maximum atomic E-state index is 14.0. The van der Waals surface area contributed by atoms with Crippen LogP contribution in [-0.2, 0) is 11.2 Å². The average molecular weight is 422 g/mol. The predicted molar refractivity (Wildman–Crippen MR) is 98.6 cm³/mol. The maximum absolute atomic E-state index is 14.0. The third-order valence-electron chi connectivity index (χ3n) is 4.97. The van der Waals surface area contributed by atoms with Gasteiger partial charge in [0, 0.05) is 23.6 Å². The smallest absolute Gasteiger partial charge is 0.230 e. The van der Waals surface area contributed by atoms with Crippen LogP contribution in [0, 0.1) is 17.6 Å². The molecule has 1 fully saturated rings. The second kappa shape index (κ2) is 6.65. The Morgan fingerprint density at radius 3 is 2.69 bits per heavy atom. The lowest BCUT2D eigenvalue weighted by Crippen LogP contribution is -2.43. The van der Waals surface area contributed by atoms with Crippen LogP contribution in [0.5, 0.6) is 11.5 Å². The van der Waals surface area contributed by atoms with Crippen LogP contribution in [0.3, 0.4) is 0 Å². The number of halogens is 3. The van der Waals surface area contributed by atoms with Crippen molar-refractivity contribution in [3.63, 3.8) is 0 Å². The number of carbonyl (C=O) groups is 1. The summed E-state index contributed by atoms with van der Waals surface area (Å²) in [6.45, 7) is 2.04. The van der Waals surface area contributed by atoms with Crippen LogP contribution in [0.1, 0.15) is 31.7 Å². The van der Waals surface area contributed by atoms with E-state index in [1.807, 2.05) is 17.9 Å². The first-order valence-electron chi connectivity index (χ1n) is 8.73. The summed E-state index contributed by atoms with van der Waals surface area (Å²) in [5.74, 6) is -0.682. The van der Waals surface area contributed by atoms with Crippen molar-refractivity contribution in [2.45, 2.75) is 38.6 Å². The summed E-state index contributed by atoms with van der Waals surface area (Å²) < 4.78 is 33.9. The van der Waals surface area contributed by atoms with Crippen molar-refractivity contribution in [1.82, 2.24) is 0 Å². The van der Waals surface area contributed by atoms with Gasteiger partial charge in [-0.2, -0.15) is 0 Å². The van der Waals surface area contributed by atoms with Crippen LogP contribution in [0.4, 0.5) is 14.5 Å². The summed E-state index contributed by atoms with van der Waals surface area (Å²) in [5.41, 5.74) is 1.64. The van der Waals surface area contributed by atoms with Gasteiger partial charge in [0.05, 0.1) is 10.2 Å². The van der Waals surface area contributed by atoms with E-state index in [2.05, 4.69) is 15.9 Å². The van der Waals surface area contributed by atoms with Crippen LogP contribution < -0.4 is 9.64 Å². The number of hydrogen-bond acceptors (Lipinski definition) is 2. The molecule has 0 spiro atoms. The fourth-order valence-corrected chi connectivity index (χ4v) is 3.87. The van der Waals surface area contributed by atoms with Gasteiger partial charge in [0.1, 0.15) is 11.6 Å². The van der Waals surface area contributed by atoms with Crippen molar-refractivity contribution in [3.8, 4) is 11.5 Å². The van der Waals surface area contributed by atoms with Gasteiger partial charge in [0.15, 0.2) is 11.6 Å². The number of benzene rings is 2. The molecule has 0 bridgehead atoms. The number of amides is 1. The van der Waals surface area contributed by atoms with Crippen molar-refractivity contribution in [2.75, 3.05) is 4.90 Å². The minimum atomic E-state index is -0.633. The van der Waals surface area contributed by atoms with E-state index >= 15 is 0 Å². The second-order valence-corrected chi connectivity index (χ2v) is 7.78. The molecule has 2 aromatic rings. The van der Waals surface area contributed by atoms with Gasteiger partial charge in [-0.1, -0.05) is 0 Å². The van der Waals surface area contributed by atoms with Gasteiger partial charge in [0.25, 0.3) is 0 Å². The zero-order valence-electron chi connectivity index (χ0n) is 14.3. The van der Waals surface area contributed by atoms with E-state index in [1.54, 1.807) is 6.07 Å². The lowest BCUT2D eigenvalue weighted by atomic mass is 9.95. The SMILES string of the molecule is C[C@H]1CCc2c(ccc(Br)c2Oc2cc(F)ccc2F)N1C(=O)C1CC1. The van der Waals surface area contributed by atoms with Crippen LogP contribution in [0.15, 0.2) is 34.8 Å². The van der Waals surface area contributed by atoms with Gasteiger partial charge in [-0.15, -0.1) is 0 Å². The molecule has 1 heterocycles. The maximum Gasteiger partial charge on any atom is 0.230 e. The van der Waals surface area contributed by atoms with Crippen molar-refractivity contribution in [3.05, 3.63) is 52.0 Å². The van der Waals surface area contributed by atoms with E-state index in [0.29, 0.717) is 16.6 Å². The van der Waals surface area contributed by atoms with Crippen molar-refractivity contribution < 1.29 is 18.3 Å². The van der Waals surface area contributed by atoms with Crippen LogP contribution in [0.2, 0.25) is 0 Å². The number of anilines is 1. The normalized spacial score (nSPS) is 19.2. The average Bonchev–Trinajstić information content (AvgIpc) is 3.45. The lowest BCUT2D eigenvalue weighted by molar-refractivity contribution is -0.120. The van der Waals surface area contributed by atoms with E-state index in [4.69, 9.17) is 4.74 Å². The van der Waals surface area contributed by atoms with E-state index in [9.17, 15) is 13.6 Å². The summed E-state index contributed by atoms with van der Waals surface area (Å²) >= 11 is 3.44. The Bertz CT molecular complexity index is 882. The molecule has 0 N–H and O–H groups in total. The first-order chi connectivity index (χ1) is 12.5. The number of rotatable bonds is 3. The molecular weight excluding hydrogens is 404 g/mol. The molecule has 0 radical (unpaired) electrons. The van der Waals surface area contributed by atoms with Crippen LogP contribution in [0.25, 0.3) is 0 Å². The fourth-order valence-electron chi connectivity index (χ4n) is 3.41. The molecule has 2 aliphatic rings. The van der Waals surface area contributed by atoms with E-state index < -0.39 is 11.6 Å². The highest BCUT2D eigenvalue weighted by Crippen LogP contribution is 2.45. The fraction of sp³-hybridized carbons (Fsp3) is 0.350. The molecule has 4 rings (SSSR count). The Labute approximate surface area is 159 Å². The summed E-state index contributed by atoms with van der Waals surface area (Å²) in [7, 11) is 0. The van der Waals surface area contributed by atoms with Gasteiger partial charge in [-0.25, -0.2) is 8.78 Å². The van der Waals surface area contributed by atoms with Gasteiger partial charge in [-0.3, -0.25) is 4.79 Å². The van der Waals surface area contributed by atoms with Crippen LogP contribution >= 0.6 is 15.9 Å². The highest BCUT2D eigenvalue weighted by Gasteiger charge is 2.39. The summed E-state index contributed by atoms with van der Waals surface area (Å²) in [4.78, 5) is 14.6. The number of ether oxygens (including phenoxy) is 1. The van der Waals surface area contributed by atoms with E-state index in [0.717, 1.165) is 48.7 Å². The zero-order valence-corrected chi connectivity index (χ0v) is 15.9. The number of nitrogens with zero attached hydrogens (tertiary/aromatic N) is 1. The quantitative estimate of drug-likeness (QED) is 0.645. The van der Waals surface area contributed by atoms with E-state index in [1.165, 1.54) is 0 Å². The third kappa shape index (κ3) is 3.11. The molecule has 1 aliphatic heterocycles. The van der Waals surface area contributed by atoms with Crippen molar-refractivity contribution >= 4 is 27.5 Å². The molecule has 1 aliphatic carbocycles. The zero-order chi connectivity index (χ0) is 18.4. The largest absolute Gasteiger partial charge is 0.453 e. The van der Waals surface area contributed by atoms with E-state index in [-0.39, 0.29) is 23.6 Å². The molecular formula is C20H18BrF2NO2. The highest BCUT2D eigenvalue weighted by molar-refractivity contribution is 9.10. The minimum absolute atomic E-state index is 0.107. The molecule has 3 nitrogen and oxygen atoms in total. The Balaban J connectivity index is 1.77. The molecule has 0 saturated heterocycles. The first kappa shape index (κ1) is 17.5. The number of carbonyl (C=O) groups excluding carboxylic acids is 1. The topological polar surface area (TPSA) is 29.5 Å². The number of fused-ring (bicyclic) bond motifs is 1. The van der Waals surface area contributed by atoms with Crippen molar-refractivity contribution in [1.29, 1.82) is 0 Å². The highest BCUT2D eigenvalue weighted by atomic mass is 79.9. The Hall–Kier alpha value is -1.95. The third-order valence-corrected chi connectivity index (χ3v) is 5.59. The van der Waals surface area contributed by atoms with Gasteiger partial charge in [-0.05, 0) is 72.8 Å². The molecule has 136 valence electrons. The Kier molecular flexibility index (Phi) is 4.47. The number of hydrogen-bond donors (Lipinski definition) is 0. The van der Waals surface area contributed by atoms with Gasteiger partial charge >= 0.3 is 0 Å².